The molecule has 0 bridgehead atoms. The van der Waals surface area contributed by atoms with E-state index in [0.29, 0.717) is 11.1 Å². The van der Waals surface area contributed by atoms with E-state index in [9.17, 15) is 10.5 Å². The number of fused-ring (bicyclic) bond motifs is 3. The zero-order chi connectivity index (χ0) is 32.5. The Morgan fingerprint density at radius 2 is 0.896 bits per heavy atom. The van der Waals surface area contributed by atoms with Gasteiger partial charge in [0.25, 0.3) is 0 Å². The third kappa shape index (κ3) is 4.48. The lowest BCUT2D eigenvalue weighted by Crippen LogP contribution is -2.75. The Morgan fingerprint density at radius 1 is 0.438 bits per heavy atom. The van der Waals surface area contributed by atoms with E-state index in [1.807, 2.05) is 24.3 Å². The molecular formula is C44H29N3Si. The maximum Gasteiger partial charge on any atom is 0.180 e. The molecule has 1 heterocycles. The Bertz CT molecular complexity index is 2370. The fraction of sp³-hybridized carbons (Fsp3) is 0. The second-order valence-electron chi connectivity index (χ2n) is 11.9. The van der Waals surface area contributed by atoms with Crippen molar-refractivity contribution in [3.05, 3.63) is 187 Å². The topological polar surface area (TPSA) is 52.5 Å². The van der Waals surface area contributed by atoms with Gasteiger partial charge in [-0.05, 0) is 50.6 Å². The fourth-order valence-electron chi connectivity index (χ4n) is 7.45. The minimum absolute atomic E-state index is 0.355. The van der Waals surface area contributed by atoms with E-state index in [4.69, 9.17) is 0 Å². The first-order chi connectivity index (χ1) is 23.8. The number of rotatable bonds is 6. The van der Waals surface area contributed by atoms with E-state index in [0.717, 1.165) is 43.8 Å². The molecule has 0 unspecified atom stereocenters. The van der Waals surface area contributed by atoms with Gasteiger partial charge in [-0.1, -0.05) is 152 Å². The van der Waals surface area contributed by atoms with Crippen molar-refractivity contribution in [2.75, 3.05) is 0 Å². The molecule has 0 aliphatic rings. The zero-order valence-electron chi connectivity index (χ0n) is 26.1. The number of hydrogen-bond donors (Lipinski definition) is 0. The van der Waals surface area contributed by atoms with Crippen LogP contribution in [0.3, 0.4) is 0 Å². The van der Waals surface area contributed by atoms with Crippen LogP contribution in [0.5, 0.6) is 0 Å². The highest BCUT2D eigenvalue weighted by Crippen LogP contribution is 2.35. The number of hydrogen-bond acceptors (Lipinski definition) is 2. The molecule has 0 saturated heterocycles. The van der Waals surface area contributed by atoms with Gasteiger partial charge in [0, 0.05) is 22.0 Å². The van der Waals surface area contributed by atoms with Crippen molar-refractivity contribution in [1.82, 2.24) is 4.57 Å². The average molecular weight is 628 g/mol. The zero-order valence-corrected chi connectivity index (χ0v) is 27.1. The van der Waals surface area contributed by atoms with E-state index in [2.05, 4.69) is 168 Å². The summed E-state index contributed by atoms with van der Waals surface area (Å²) in [6, 6.07) is 66.3. The average Bonchev–Trinajstić information content (AvgIpc) is 3.50. The second-order valence-corrected chi connectivity index (χ2v) is 15.7. The molecule has 0 aliphatic carbocycles. The Morgan fingerprint density at radius 3 is 1.40 bits per heavy atom. The Kier molecular flexibility index (Phi) is 7.27. The van der Waals surface area contributed by atoms with Gasteiger partial charge in [-0.25, -0.2) is 0 Å². The van der Waals surface area contributed by atoms with Crippen LogP contribution in [0.2, 0.25) is 0 Å². The summed E-state index contributed by atoms with van der Waals surface area (Å²) in [7, 11) is -2.96. The van der Waals surface area contributed by atoms with Gasteiger partial charge in [0.2, 0.25) is 0 Å². The summed E-state index contributed by atoms with van der Waals surface area (Å²) < 4.78 is 2.22. The monoisotopic (exact) mass is 627 g/mol. The third-order valence-electron chi connectivity index (χ3n) is 9.44. The normalized spacial score (nSPS) is 11.3. The van der Waals surface area contributed by atoms with Crippen LogP contribution in [0.25, 0.3) is 38.6 Å². The highest BCUT2D eigenvalue weighted by atomic mass is 28.3. The van der Waals surface area contributed by atoms with Crippen LogP contribution >= 0.6 is 0 Å². The second kappa shape index (κ2) is 12.0. The predicted molar refractivity (Wildman–Crippen MR) is 199 cm³/mol. The summed E-state index contributed by atoms with van der Waals surface area (Å²) in [5.41, 5.74) is 5.39. The maximum atomic E-state index is 10.7. The smallest absolute Gasteiger partial charge is 0.180 e. The van der Waals surface area contributed by atoms with Crippen LogP contribution in [0.15, 0.2) is 176 Å². The van der Waals surface area contributed by atoms with Crippen LogP contribution in [0, 0.1) is 22.7 Å². The first-order valence-electron chi connectivity index (χ1n) is 16.0. The van der Waals surface area contributed by atoms with Crippen molar-refractivity contribution in [1.29, 1.82) is 10.5 Å². The van der Waals surface area contributed by atoms with Crippen molar-refractivity contribution in [3.8, 4) is 29.0 Å². The van der Waals surface area contributed by atoms with Crippen molar-refractivity contribution in [2.45, 2.75) is 0 Å². The predicted octanol–water partition coefficient (Wildman–Crippen LogP) is 7.57. The quantitative estimate of drug-likeness (QED) is 0.141. The summed E-state index contributed by atoms with van der Waals surface area (Å²) >= 11 is 0. The number of benzene rings is 7. The molecular weight excluding hydrogens is 599 g/mol. The molecule has 4 heteroatoms. The van der Waals surface area contributed by atoms with E-state index in [1.165, 1.54) is 15.6 Å². The van der Waals surface area contributed by atoms with Gasteiger partial charge in [-0.2, -0.15) is 10.5 Å². The minimum Gasteiger partial charge on any atom is -0.309 e. The first kappa shape index (κ1) is 29.0. The van der Waals surface area contributed by atoms with Gasteiger partial charge >= 0.3 is 0 Å². The summed E-state index contributed by atoms with van der Waals surface area (Å²) in [6.45, 7) is 0. The lowest BCUT2D eigenvalue weighted by Gasteiger charge is -2.36. The molecule has 0 atom stereocenters. The molecule has 0 amide bonds. The molecule has 0 radical (unpaired) electrons. The summed E-state index contributed by atoms with van der Waals surface area (Å²) in [6.07, 6.45) is 0. The van der Waals surface area contributed by atoms with E-state index in [1.54, 1.807) is 0 Å². The number of nitrogens with zero attached hydrogens (tertiary/aromatic N) is 3. The minimum atomic E-state index is -2.96. The molecule has 0 aliphatic heterocycles. The van der Waals surface area contributed by atoms with E-state index in [-0.39, 0.29) is 0 Å². The van der Waals surface area contributed by atoms with Gasteiger partial charge in [0.1, 0.15) is 12.1 Å². The summed E-state index contributed by atoms with van der Waals surface area (Å²) in [4.78, 5) is 0. The van der Waals surface area contributed by atoms with Crippen molar-refractivity contribution in [2.24, 2.45) is 0 Å². The van der Waals surface area contributed by atoms with Gasteiger partial charge < -0.3 is 4.57 Å². The van der Waals surface area contributed by atoms with Crippen molar-refractivity contribution in [3.63, 3.8) is 0 Å². The summed E-state index contributed by atoms with van der Waals surface area (Å²) in [5.74, 6) is 0. The maximum absolute atomic E-state index is 10.7. The van der Waals surface area contributed by atoms with Crippen LogP contribution < -0.4 is 20.7 Å². The molecule has 224 valence electrons. The molecule has 0 saturated carbocycles. The van der Waals surface area contributed by atoms with E-state index < -0.39 is 8.07 Å². The van der Waals surface area contributed by atoms with Gasteiger partial charge in [-0.3, -0.25) is 0 Å². The molecule has 3 nitrogen and oxygen atoms in total. The highest BCUT2D eigenvalue weighted by molar-refractivity contribution is 7.20. The lowest BCUT2D eigenvalue weighted by molar-refractivity contribution is 1.17. The molecule has 48 heavy (non-hydrogen) atoms. The van der Waals surface area contributed by atoms with Crippen molar-refractivity contribution < 1.29 is 0 Å². The van der Waals surface area contributed by atoms with E-state index >= 15 is 0 Å². The van der Waals surface area contributed by atoms with Crippen molar-refractivity contribution >= 4 is 50.6 Å². The largest absolute Gasteiger partial charge is 0.309 e. The third-order valence-corrected chi connectivity index (χ3v) is 14.3. The molecule has 1 aromatic heterocycles. The standard InChI is InChI=1S/C44H29N3Si/c45-30-32-28-33(47-42-25-13-10-22-37(42)38-23-11-14-26-43(38)47)29-40(41(32)31-46)39-24-12-15-27-44(39)48(34-16-4-1-5-17-34,35-18-6-2-7-19-35)36-20-8-3-9-21-36/h1-29H. The number of nitriles is 2. The van der Waals surface area contributed by atoms with Crippen LogP contribution in [-0.2, 0) is 0 Å². The van der Waals surface area contributed by atoms with Crippen LogP contribution in [0.4, 0.5) is 0 Å². The Balaban J connectivity index is 1.50. The van der Waals surface area contributed by atoms with Gasteiger partial charge in [0.15, 0.2) is 8.07 Å². The molecule has 0 fully saturated rings. The van der Waals surface area contributed by atoms with Crippen LogP contribution in [0.1, 0.15) is 11.1 Å². The lowest BCUT2D eigenvalue weighted by atomic mass is 9.95. The molecule has 7 aromatic carbocycles. The number of para-hydroxylation sites is 2. The number of aromatic nitrogens is 1. The van der Waals surface area contributed by atoms with Gasteiger partial charge in [-0.15, -0.1) is 0 Å². The molecule has 8 rings (SSSR count). The fourth-order valence-corrected chi connectivity index (χ4v) is 12.4. The first-order valence-corrected chi connectivity index (χ1v) is 18.0. The summed E-state index contributed by atoms with van der Waals surface area (Å²) in [5, 5.41) is 28.4. The molecule has 8 aromatic rings. The highest BCUT2D eigenvalue weighted by Gasteiger charge is 2.43. The molecule has 0 spiro atoms. The Hall–Kier alpha value is -6.46. The molecule has 0 N–H and O–H groups in total. The Labute approximate surface area is 280 Å². The SMILES string of the molecule is N#Cc1cc(-n2c3ccccc3c3ccccc32)cc(-c2ccccc2[Si](c2ccccc2)(c2ccccc2)c2ccccc2)c1C#N. The van der Waals surface area contributed by atoms with Gasteiger partial charge in [0.05, 0.1) is 22.2 Å². The van der Waals surface area contributed by atoms with Crippen LogP contribution in [-0.4, -0.2) is 12.6 Å².